The maximum absolute atomic E-state index is 13.2. The lowest BCUT2D eigenvalue weighted by molar-refractivity contribution is -0.131. The lowest BCUT2D eigenvalue weighted by atomic mass is 9.96. The Hall–Kier alpha value is -2.21. The van der Waals surface area contributed by atoms with Gasteiger partial charge in [0.2, 0.25) is 0 Å². The van der Waals surface area contributed by atoms with Crippen LogP contribution in [0.1, 0.15) is 31.4 Å². The molecule has 0 aliphatic carbocycles. The molecule has 2 unspecified atom stereocenters. The first-order valence-corrected chi connectivity index (χ1v) is 7.61. The lowest BCUT2D eigenvalue weighted by Gasteiger charge is -2.28. The standard InChI is InChI=1S/C17H18FNO4/c1-10(20)14-15(11-4-6-12(18)7-5-11)19(17(22)16(14)21)9-13-3-2-8-23-13/h4-7,13,15,21H,2-3,8-9H2,1H3. The number of benzene rings is 1. The molecule has 0 saturated carbocycles. The predicted molar refractivity (Wildman–Crippen MR) is 80.2 cm³/mol. The van der Waals surface area contributed by atoms with E-state index in [1.165, 1.54) is 36.1 Å². The zero-order chi connectivity index (χ0) is 16.6. The number of hydrogen-bond acceptors (Lipinski definition) is 4. The first-order valence-electron chi connectivity index (χ1n) is 7.61. The molecule has 3 rings (SSSR count). The molecule has 1 saturated heterocycles. The highest BCUT2D eigenvalue weighted by Gasteiger charge is 2.43. The highest BCUT2D eigenvalue weighted by Crippen LogP contribution is 2.38. The smallest absolute Gasteiger partial charge is 0.290 e. The molecule has 1 aromatic rings. The minimum Gasteiger partial charge on any atom is -0.503 e. The number of carbonyl (C=O) groups is 2. The van der Waals surface area contributed by atoms with Crippen LogP contribution in [-0.4, -0.2) is 41.0 Å². The summed E-state index contributed by atoms with van der Waals surface area (Å²) in [6.07, 6.45) is 1.64. The fraction of sp³-hybridized carbons (Fsp3) is 0.412. The van der Waals surface area contributed by atoms with E-state index in [0.29, 0.717) is 18.7 Å². The van der Waals surface area contributed by atoms with Crippen molar-refractivity contribution in [2.75, 3.05) is 13.2 Å². The fourth-order valence-corrected chi connectivity index (χ4v) is 3.20. The first kappa shape index (κ1) is 15.7. The van der Waals surface area contributed by atoms with Crippen LogP contribution in [0.2, 0.25) is 0 Å². The number of aliphatic hydroxyl groups excluding tert-OH is 1. The van der Waals surface area contributed by atoms with E-state index >= 15 is 0 Å². The third kappa shape index (κ3) is 2.86. The Morgan fingerprint density at radius 3 is 2.65 bits per heavy atom. The van der Waals surface area contributed by atoms with Crippen molar-refractivity contribution in [2.45, 2.75) is 31.9 Å². The second-order valence-electron chi connectivity index (χ2n) is 5.87. The van der Waals surface area contributed by atoms with Gasteiger partial charge in [-0.25, -0.2) is 4.39 Å². The van der Waals surface area contributed by atoms with Crippen molar-refractivity contribution in [2.24, 2.45) is 0 Å². The van der Waals surface area contributed by atoms with E-state index < -0.39 is 23.5 Å². The average molecular weight is 319 g/mol. The van der Waals surface area contributed by atoms with Gasteiger partial charge in [0, 0.05) is 13.2 Å². The molecule has 1 amide bonds. The summed E-state index contributed by atoms with van der Waals surface area (Å²) in [7, 11) is 0. The molecule has 0 aromatic heterocycles. The van der Waals surface area contributed by atoms with E-state index in [1.54, 1.807) is 0 Å². The highest BCUT2D eigenvalue weighted by atomic mass is 19.1. The molecule has 6 heteroatoms. The molecule has 2 aliphatic heterocycles. The van der Waals surface area contributed by atoms with Gasteiger partial charge < -0.3 is 14.7 Å². The van der Waals surface area contributed by atoms with Crippen molar-refractivity contribution >= 4 is 11.7 Å². The summed E-state index contributed by atoms with van der Waals surface area (Å²) < 4.78 is 18.7. The van der Waals surface area contributed by atoms with Gasteiger partial charge in [-0.15, -0.1) is 0 Å². The van der Waals surface area contributed by atoms with Crippen LogP contribution in [0.5, 0.6) is 0 Å². The van der Waals surface area contributed by atoms with Gasteiger partial charge >= 0.3 is 0 Å². The summed E-state index contributed by atoms with van der Waals surface area (Å²) in [6, 6.07) is 4.90. The number of aliphatic hydroxyl groups is 1. The van der Waals surface area contributed by atoms with Crippen molar-refractivity contribution < 1.29 is 23.8 Å². The van der Waals surface area contributed by atoms with Crippen LogP contribution in [0.3, 0.4) is 0 Å². The molecule has 2 atom stereocenters. The van der Waals surface area contributed by atoms with Crippen molar-refractivity contribution in [3.8, 4) is 0 Å². The first-order chi connectivity index (χ1) is 11.0. The molecule has 5 nitrogen and oxygen atoms in total. The van der Waals surface area contributed by atoms with E-state index in [1.807, 2.05) is 0 Å². The molecule has 0 spiro atoms. The summed E-state index contributed by atoms with van der Waals surface area (Å²) in [5.74, 6) is -1.88. The average Bonchev–Trinajstić information content (AvgIpc) is 3.10. The third-order valence-electron chi connectivity index (χ3n) is 4.29. The van der Waals surface area contributed by atoms with Crippen LogP contribution in [0.4, 0.5) is 4.39 Å². The Morgan fingerprint density at radius 2 is 2.09 bits per heavy atom. The minimum absolute atomic E-state index is 0.0552. The number of ketones is 1. The number of nitrogens with zero attached hydrogens (tertiary/aromatic N) is 1. The van der Waals surface area contributed by atoms with Crippen LogP contribution in [0.15, 0.2) is 35.6 Å². The molecule has 1 N–H and O–H groups in total. The van der Waals surface area contributed by atoms with Gasteiger partial charge in [0.1, 0.15) is 5.82 Å². The summed E-state index contributed by atoms with van der Waals surface area (Å²) in [5, 5.41) is 10.1. The molecule has 23 heavy (non-hydrogen) atoms. The van der Waals surface area contributed by atoms with E-state index in [2.05, 4.69) is 0 Å². The Labute approximate surface area is 133 Å². The quantitative estimate of drug-likeness (QED) is 0.924. The van der Waals surface area contributed by atoms with E-state index in [-0.39, 0.29) is 17.5 Å². The number of halogens is 1. The monoisotopic (exact) mass is 319 g/mol. The van der Waals surface area contributed by atoms with E-state index in [4.69, 9.17) is 4.74 Å². The maximum atomic E-state index is 13.2. The maximum Gasteiger partial charge on any atom is 0.290 e. The second-order valence-corrected chi connectivity index (χ2v) is 5.87. The summed E-state index contributed by atoms with van der Waals surface area (Å²) in [5.41, 5.74) is 0.645. The van der Waals surface area contributed by atoms with Crippen molar-refractivity contribution in [3.05, 3.63) is 47.0 Å². The number of amides is 1. The topological polar surface area (TPSA) is 66.8 Å². The molecule has 0 radical (unpaired) electrons. The van der Waals surface area contributed by atoms with Crippen molar-refractivity contribution in [3.63, 3.8) is 0 Å². The summed E-state index contributed by atoms with van der Waals surface area (Å²) >= 11 is 0. The number of hydrogen-bond donors (Lipinski definition) is 1. The number of carbonyl (C=O) groups excluding carboxylic acids is 2. The van der Waals surface area contributed by atoms with Crippen LogP contribution >= 0.6 is 0 Å². The van der Waals surface area contributed by atoms with Gasteiger partial charge in [0.25, 0.3) is 5.91 Å². The molecule has 2 heterocycles. The molecular weight excluding hydrogens is 301 g/mol. The van der Waals surface area contributed by atoms with Crippen LogP contribution in [0.25, 0.3) is 0 Å². The molecule has 1 fully saturated rings. The SMILES string of the molecule is CC(=O)C1=C(O)C(=O)N(CC2CCCO2)C1c1ccc(F)cc1. The van der Waals surface area contributed by atoms with Gasteiger partial charge in [0.05, 0.1) is 17.7 Å². The van der Waals surface area contributed by atoms with Crippen LogP contribution in [-0.2, 0) is 14.3 Å². The Bertz CT molecular complexity index is 662. The van der Waals surface area contributed by atoms with E-state index in [9.17, 15) is 19.1 Å². The Balaban J connectivity index is 1.98. The Morgan fingerprint density at radius 1 is 1.39 bits per heavy atom. The fourth-order valence-electron chi connectivity index (χ4n) is 3.20. The van der Waals surface area contributed by atoms with Gasteiger partial charge in [-0.1, -0.05) is 12.1 Å². The Kier molecular flexibility index (Phi) is 4.17. The van der Waals surface area contributed by atoms with Gasteiger partial charge in [0.15, 0.2) is 11.5 Å². The second kappa shape index (κ2) is 6.12. The zero-order valence-electron chi connectivity index (χ0n) is 12.8. The normalized spacial score (nSPS) is 24.6. The minimum atomic E-state index is -0.704. The number of Topliss-reactive ketones (excluding diaryl/α,β-unsaturated/α-hetero) is 1. The molecule has 2 aliphatic rings. The third-order valence-corrected chi connectivity index (χ3v) is 4.29. The van der Waals surface area contributed by atoms with Gasteiger partial charge in [-0.05, 0) is 37.5 Å². The summed E-state index contributed by atoms with van der Waals surface area (Å²) in [4.78, 5) is 25.8. The largest absolute Gasteiger partial charge is 0.503 e. The van der Waals surface area contributed by atoms with E-state index in [0.717, 1.165) is 12.8 Å². The number of ether oxygens (including phenoxy) is 1. The summed E-state index contributed by atoms with van der Waals surface area (Å²) in [6.45, 7) is 2.25. The predicted octanol–water partition coefficient (Wildman–Crippen LogP) is 2.29. The molecule has 122 valence electrons. The van der Waals surface area contributed by atoms with Crippen molar-refractivity contribution in [1.29, 1.82) is 0 Å². The van der Waals surface area contributed by atoms with Crippen LogP contribution < -0.4 is 0 Å². The molecular formula is C17H18FNO4. The van der Waals surface area contributed by atoms with Gasteiger partial charge in [-0.3, -0.25) is 9.59 Å². The van der Waals surface area contributed by atoms with Gasteiger partial charge in [-0.2, -0.15) is 0 Å². The number of rotatable bonds is 4. The zero-order valence-corrected chi connectivity index (χ0v) is 12.8. The molecule has 1 aromatic carbocycles. The van der Waals surface area contributed by atoms with Crippen molar-refractivity contribution in [1.82, 2.24) is 4.90 Å². The molecule has 0 bridgehead atoms. The van der Waals surface area contributed by atoms with Crippen LogP contribution in [0, 0.1) is 5.82 Å². The lowest BCUT2D eigenvalue weighted by Crippen LogP contribution is -2.37. The highest BCUT2D eigenvalue weighted by molar-refractivity contribution is 6.08.